The lowest BCUT2D eigenvalue weighted by Gasteiger charge is -1.97. The van der Waals surface area contributed by atoms with Crippen LogP contribution in [0.4, 0.5) is 0 Å². The van der Waals surface area contributed by atoms with Gasteiger partial charge in [0.05, 0.1) is 0 Å². The van der Waals surface area contributed by atoms with Crippen molar-refractivity contribution in [1.29, 1.82) is 0 Å². The molecular formula is C10H15ClO. The minimum atomic E-state index is 0.240. The molecule has 0 aliphatic heterocycles. The van der Waals surface area contributed by atoms with Gasteiger partial charge in [-0.05, 0) is 30.2 Å². The first-order valence-electron chi connectivity index (χ1n) is 4.21. The number of aryl methyl sites for hydroxylation is 1. The van der Waals surface area contributed by atoms with Crippen molar-refractivity contribution in [3.8, 4) is 5.75 Å². The van der Waals surface area contributed by atoms with E-state index in [0.717, 1.165) is 12.0 Å². The second-order valence-corrected chi connectivity index (χ2v) is 2.61. The van der Waals surface area contributed by atoms with Gasteiger partial charge in [0.2, 0.25) is 0 Å². The zero-order chi connectivity index (χ0) is 9.56. The van der Waals surface area contributed by atoms with Crippen molar-refractivity contribution in [2.45, 2.75) is 27.2 Å². The number of phenols is 1. The fraction of sp³-hybridized carbons (Fsp3) is 0.400. The number of rotatable bonds is 1. The zero-order valence-corrected chi connectivity index (χ0v) is 8.52. The monoisotopic (exact) mass is 186 g/mol. The van der Waals surface area contributed by atoms with Crippen molar-refractivity contribution in [2.75, 3.05) is 0 Å². The Bertz CT molecular complexity index is 213. The SMILES string of the molecule is CC.CCc1cc(O)cc(Cl)c1. The quantitative estimate of drug-likeness (QED) is 0.710. The average Bonchev–Trinajstić information content (AvgIpc) is 2.06. The molecule has 2 heteroatoms. The minimum absolute atomic E-state index is 0.240. The Kier molecular flexibility index (Phi) is 5.56. The minimum Gasteiger partial charge on any atom is -0.508 e. The smallest absolute Gasteiger partial charge is 0.117 e. The molecule has 1 N–H and O–H groups in total. The molecule has 68 valence electrons. The van der Waals surface area contributed by atoms with Crippen LogP contribution in [0.3, 0.4) is 0 Å². The summed E-state index contributed by atoms with van der Waals surface area (Å²) in [5.74, 6) is 0.240. The number of benzene rings is 1. The maximum Gasteiger partial charge on any atom is 0.117 e. The number of phenolic OH excluding ortho intramolecular Hbond substituents is 1. The number of hydrogen-bond acceptors (Lipinski definition) is 1. The van der Waals surface area contributed by atoms with Crippen LogP contribution in [0.5, 0.6) is 5.75 Å². The van der Waals surface area contributed by atoms with Gasteiger partial charge in [-0.15, -0.1) is 0 Å². The van der Waals surface area contributed by atoms with E-state index in [2.05, 4.69) is 0 Å². The zero-order valence-electron chi connectivity index (χ0n) is 7.76. The maximum absolute atomic E-state index is 9.04. The van der Waals surface area contributed by atoms with E-state index in [1.54, 1.807) is 6.07 Å². The summed E-state index contributed by atoms with van der Waals surface area (Å²) in [5, 5.41) is 9.63. The predicted octanol–water partition coefficient (Wildman–Crippen LogP) is 3.63. The van der Waals surface area contributed by atoms with E-state index in [-0.39, 0.29) is 5.75 Å². The van der Waals surface area contributed by atoms with Crippen LogP contribution in [0, 0.1) is 0 Å². The lowest BCUT2D eigenvalue weighted by molar-refractivity contribution is 0.474. The Morgan fingerprint density at radius 1 is 1.25 bits per heavy atom. The van der Waals surface area contributed by atoms with Gasteiger partial charge in [-0.25, -0.2) is 0 Å². The van der Waals surface area contributed by atoms with Crippen LogP contribution < -0.4 is 0 Å². The molecule has 0 saturated heterocycles. The Labute approximate surface area is 79.0 Å². The Morgan fingerprint density at radius 2 is 1.83 bits per heavy atom. The van der Waals surface area contributed by atoms with Crippen LogP contribution in [0.2, 0.25) is 5.02 Å². The van der Waals surface area contributed by atoms with E-state index in [1.807, 2.05) is 26.8 Å². The number of halogens is 1. The molecule has 1 nitrogen and oxygen atoms in total. The molecule has 0 bridgehead atoms. The van der Waals surface area contributed by atoms with Crippen molar-refractivity contribution in [2.24, 2.45) is 0 Å². The summed E-state index contributed by atoms with van der Waals surface area (Å²) in [6.45, 7) is 6.02. The van der Waals surface area contributed by atoms with Crippen molar-refractivity contribution in [1.82, 2.24) is 0 Å². The van der Waals surface area contributed by atoms with Gasteiger partial charge in [-0.1, -0.05) is 32.4 Å². The molecule has 12 heavy (non-hydrogen) atoms. The van der Waals surface area contributed by atoms with Crippen LogP contribution in [0.25, 0.3) is 0 Å². The lowest BCUT2D eigenvalue weighted by Crippen LogP contribution is -1.78. The Balaban J connectivity index is 0.000000561. The molecule has 0 amide bonds. The fourth-order valence-corrected chi connectivity index (χ4v) is 1.09. The van der Waals surface area contributed by atoms with Gasteiger partial charge < -0.3 is 5.11 Å². The van der Waals surface area contributed by atoms with Crippen LogP contribution in [-0.2, 0) is 6.42 Å². The first-order valence-corrected chi connectivity index (χ1v) is 4.58. The van der Waals surface area contributed by atoms with Gasteiger partial charge in [0.25, 0.3) is 0 Å². The molecular weight excluding hydrogens is 172 g/mol. The largest absolute Gasteiger partial charge is 0.508 e. The van der Waals surface area contributed by atoms with Crippen molar-refractivity contribution >= 4 is 11.6 Å². The third-order valence-electron chi connectivity index (χ3n) is 1.35. The van der Waals surface area contributed by atoms with Gasteiger partial charge in [0.15, 0.2) is 0 Å². The fourth-order valence-electron chi connectivity index (χ4n) is 0.837. The van der Waals surface area contributed by atoms with E-state index in [1.165, 1.54) is 6.07 Å². The lowest BCUT2D eigenvalue weighted by atomic mass is 10.2. The first-order chi connectivity index (χ1) is 5.72. The first kappa shape index (κ1) is 11.3. The van der Waals surface area contributed by atoms with Crippen molar-refractivity contribution in [3.63, 3.8) is 0 Å². The van der Waals surface area contributed by atoms with Crippen molar-refractivity contribution in [3.05, 3.63) is 28.8 Å². The van der Waals surface area contributed by atoms with Crippen LogP contribution in [-0.4, -0.2) is 5.11 Å². The molecule has 1 aromatic rings. The molecule has 0 radical (unpaired) electrons. The molecule has 0 aliphatic rings. The number of hydrogen-bond donors (Lipinski definition) is 1. The average molecular weight is 187 g/mol. The van der Waals surface area contributed by atoms with Gasteiger partial charge in [0, 0.05) is 5.02 Å². The van der Waals surface area contributed by atoms with Crippen LogP contribution >= 0.6 is 11.6 Å². The molecule has 0 aliphatic carbocycles. The van der Waals surface area contributed by atoms with E-state index < -0.39 is 0 Å². The van der Waals surface area contributed by atoms with E-state index in [9.17, 15) is 0 Å². The summed E-state index contributed by atoms with van der Waals surface area (Å²) in [7, 11) is 0. The summed E-state index contributed by atoms with van der Waals surface area (Å²) in [6.07, 6.45) is 0.897. The van der Waals surface area contributed by atoms with Crippen LogP contribution in [0.1, 0.15) is 26.3 Å². The Hall–Kier alpha value is -0.690. The summed E-state index contributed by atoms with van der Waals surface area (Å²) in [5.41, 5.74) is 1.06. The summed E-state index contributed by atoms with van der Waals surface area (Å²) in [4.78, 5) is 0. The third kappa shape index (κ3) is 3.63. The summed E-state index contributed by atoms with van der Waals surface area (Å²) >= 11 is 5.67. The van der Waals surface area contributed by atoms with E-state index in [4.69, 9.17) is 16.7 Å². The number of aromatic hydroxyl groups is 1. The van der Waals surface area contributed by atoms with Gasteiger partial charge >= 0.3 is 0 Å². The summed E-state index contributed by atoms with van der Waals surface area (Å²) in [6, 6.07) is 5.09. The molecule has 0 unspecified atom stereocenters. The second-order valence-electron chi connectivity index (χ2n) is 2.17. The van der Waals surface area contributed by atoms with E-state index >= 15 is 0 Å². The highest BCUT2D eigenvalue weighted by atomic mass is 35.5. The van der Waals surface area contributed by atoms with E-state index in [0.29, 0.717) is 5.02 Å². The third-order valence-corrected chi connectivity index (χ3v) is 1.57. The highest BCUT2D eigenvalue weighted by molar-refractivity contribution is 6.30. The molecule has 1 rings (SSSR count). The Morgan fingerprint density at radius 3 is 2.25 bits per heavy atom. The second kappa shape index (κ2) is 5.90. The molecule has 0 heterocycles. The standard InChI is InChI=1S/C8H9ClO.C2H6/c1-2-6-3-7(9)5-8(10)4-6;1-2/h3-5,10H,2H2,1H3;1-2H3. The molecule has 0 fully saturated rings. The van der Waals surface area contributed by atoms with Gasteiger partial charge in [0.1, 0.15) is 5.75 Å². The predicted molar refractivity (Wildman–Crippen MR) is 53.8 cm³/mol. The topological polar surface area (TPSA) is 20.2 Å². The normalized spacial score (nSPS) is 8.67. The summed E-state index contributed by atoms with van der Waals surface area (Å²) < 4.78 is 0. The molecule has 1 aromatic carbocycles. The highest BCUT2D eigenvalue weighted by Crippen LogP contribution is 2.19. The van der Waals surface area contributed by atoms with Gasteiger partial charge in [-0.2, -0.15) is 0 Å². The van der Waals surface area contributed by atoms with Crippen LogP contribution in [0.15, 0.2) is 18.2 Å². The highest BCUT2D eigenvalue weighted by Gasteiger charge is 1.94. The molecule has 0 atom stereocenters. The molecule has 0 aromatic heterocycles. The molecule has 0 spiro atoms. The molecule has 0 saturated carbocycles. The van der Waals surface area contributed by atoms with Crippen molar-refractivity contribution < 1.29 is 5.11 Å². The van der Waals surface area contributed by atoms with Gasteiger partial charge in [-0.3, -0.25) is 0 Å². The maximum atomic E-state index is 9.04.